The zero-order valence-corrected chi connectivity index (χ0v) is 50.4. The Morgan fingerprint density at radius 2 is 0.687 bits per heavy atom. The number of carboxylic acids is 2. The van der Waals surface area contributed by atoms with Gasteiger partial charge in [-0.1, -0.05) is 0 Å². The molecule has 1 amide bonds. The third kappa shape index (κ3) is 33.7. The number of carbonyl (C=O) groups excluding carboxylic acids is 2. The number of hydrogen-bond acceptors (Lipinski definition) is 22. The molecule has 0 aliphatic carbocycles. The van der Waals surface area contributed by atoms with Crippen molar-refractivity contribution in [1.29, 1.82) is 0 Å². The maximum Gasteiger partial charge on any atom is 0.355 e. The van der Waals surface area contributed by atoms with Crippen LogP contribution < -0.4 is 4.74 Å². The summed E-state index contributed by atoms with van der Waals surface area (Å²) in [5, 5.41) is 18.2. The van der Waals surface area contributed by atoms with Gasteiger partial charge in [-0.2, -0.15) is 0 Å². The highest BCUT2D eigenvalue weighted by Crippen LogP contribution is 2.32. The largest absolute Gasteiger partial charge is 0.497 e. The first-order chi connectivity index (χ1) is 40.1. The summed E-state index contributed by atoms with van der Waals surface area (Å²) in [6, 6.07) is 6.98. The second-order valence-corrected chi connectivity index (χ2v) is 19.5. The van der Waals surface area contributed by atoms with E-state index in [1.165, 1.54) is 4.90 Å². The van der Waals surface area contributed by atoms with Gasteiger partial charge in [-0.05, 0) is 58.9 Å². The van der Waals surface area contributed by atoms with E-state index >= 15 is 0 Å². The topological polar surface area (TPSA) is 283 Å². The first-order valence-electron chi connectivity index (χ1n) is 28.1. The molecular formula is C57H96N2O24. The average molecular weight is 1190 g/mol. The fourth-order valence-corrected chi connectivity index (χ4v) is 6.82. The van der Waals surface area contributed by atoms with Crippen molar-refractivity contribution in [2.45, 2.75) is 47.8 Å². The zero-order valence-electron chi connectivity index (χ0n) is 50.4. The van der Waals surface area contributed by atoms with Crippen LogP contribution in [0.5, 0.6) is 5.75 Å². The van der Waals surface area contributed by atoms with Crippen molar-refractivity contribution in [3.63, 3.8) is 0 Å². The number of methoxy groups -OCH3 is 1. The highest BCUT2D eigenvalue weighted by atomic mass is 16.6. The predicted octanol–water partition coefficient (Wildman–Crippen LogP) is 3.85. The molecular weight excluding hydrogens is 1100 g/mol. The number of esters is 1. The third-order valence-electron chi connectivity index (χ3n) is 11.6. The van der Waals surface area contributed by atoms with Gasteiger partial charge in [0.25, 0.3) is 5.91 Å². The fraction of sp³-hybridized carbons (Fsp3) is 0.754. The molecule has 26 heteroatoms. The molecule has 0 unspecified atom stereocenters. The van der Waals surface area contributed by atoms with Crippen molar-refractivity contribution < 1.29 is 115 Å². The average Bonchev–Trinajstić information content (AvgIpc) is 4.07. The summed E-state index contributed by atoms with van der Waals surface area (Å²) in [7, 11) is 4.81. The van der Waals surface area contributed by atoms with Crippen LogP contribution in [0.3, 0.4) is 0 Å². The van der Waals surface area contributed by atoms with Crippen molar-refractivity contribution in [2.24, 2.45) is 10.8 Å². The van der Waals surface area contributed by atoms with E-state index in [1.807, 2.05) is 0 Å². The van der Waals surface area contributed by atoms with Gasteiger partial charge in [-0.25, -0.2) is 4.79 Å². The molecule has 0 bridgehead atoms. The quantitative estimate of drug-likeness (QED) is 0.0702. The van der Waals surface area contributed by atoms with Gasteiger partial charge in [0.1, 0.15) is 17.1 Å². The first-order valence-corrected chi connectivity index (χ1v) is 28.1. The van der Waals surface area contributed by atoms with Crippen molar-refractivity contribution in [1.82, 2.24) is 9.47 Å². The normalized spacial score (nSPS) is 11.9. The number of amides is 1. The fourth-order valence-electron chi connectivity index (χ4n) is 6.82. The molecule has 0 spiro atoms. The van der Waals surface area contributed by atoms with Crippen LogP contribution in [0, 0.1) is 10.8 Å². The Morgan fingerprint density at radius 1 is 0.422 bits per heavy atom. The molecule has 0 saturated carbocycles. The number of ether oxygens (including phenoxy) is 18. The molecule has 2 aromatic rings. The van der Waals surface area contributed by atoms with Crippen molar-refractivity contribution in [3.8, 4) is 11.4 Å². The molecule has 0 aliphatic rings. The minimum atomic E-state index is -0.937. The monoisotopic (exact) mass is 1190 g/mol. The predicted molar refractivity (Wildman–Crippen MR) is 300 cm³/mol. The Hall–Kier alpha value is -4.46. The number of aliphatic carboxylic acids is 2. The minimum absolute atomic E-state index is 0.0461. The summed E-state index contributed by atoms with van der Waals surface area (Å²) in [5.74, 6) is -2.23. The molecule has 0 radical (unpaired) electrons. The zero-order chi connectivity index (χ0) is 60.8. The van der Waals surface area contributed by atoms with Gasteiger partial charge in [-0.15, -0.1) is 0 Å². The van der Waals surface area contributed by atoms with E-state index in [2.05, 4.69) is 0 Å². The number of hydrogen-bond donors (Lipinski definition) is 2. The van der Waals surface area contributed by atoms with Crippen molar-refractivity contribution in [3.05, 3.63) is 46.8 Å². The standard InChI is InChI=1S/C57H96N2O24/c1-9-83-53(61)51-49(43-80-39-35-76-31-27-72-23-19-68-15-17-70-21-25-74-29-33-78-37-41-82-45-57(4,5)55(64)65)48(50(52(60)58(6)7)59(51)46-10-12-47(66-8)13-11-46)42-79-38-34-75-30-26-71-22-18-67-14-16-69-20-24-73-28-32-77-36-40-81-44-56(2,3)54(62)63/h10-13H,9,14-45H2,1-8H3,(H,62,63)(H,64,65). The number of carbonyl (C=O) groups is 4. The van der Waals surface area contributed by atoms with Crippen LogP contribution in [0.4, 0.5) is 0 Å². The van der Waals surface area contributed by atoms with Crippen LogP contribution in [0.2, 0.25) is 0 Å². The molecule has 478 valence electrons. The van der Waals surface area contributed by atoms with Crippen LogP contribution in [0.15, 0.2) is 24.3 Å². The summed E-state index contributed by atoms with van der Waals surface area (Å²) in [6.07, 6.45) is 0. The van der Waals surface area contributed by atoms with E-state index in [0.717, 1.165) is 0 Å². The molecule has 1 aromatic heterocycles. The number of nitrogens with zero attached hydrogens (tertiary/aromatic N) is 2. The number of benzene rings is 1. The lowest BCUT2D eigenvalue weighted by atomic mass is 9.95. The highest BCUT2D eigenvalue weighted by Gasteiger charge is 2.33. The Bertz CT molecular complexity index is 2000. The molecule has 0 saturated heterocycles. The van der Waals surface area contributed by atoms with E-state index in [-0.39, 0.29) is 76.8 Å². The summed E-state index contributed by atoms with van der Waals surface area (Å²) in [4.78, 5) is 51.6. The summed E-state index contributed by atoms with van der Waals surface area (Å²) < 4.78 is 102. The molecule has 0 aliphatic heterocycles. The van der Waals surface area contributed by atoms with Crippen LogP contribution in [-0.4, -0.2) is 270 Å². The van der Waals surface area contributed by atoms with Gasteiger partial charge in [0.2, 0.25) is 0 Å². The van der Waals surface area contributed by atoms with Gasteiger partial charge in [0, 0.05) is 30.9 Å². The van der Waals surface area contributed by atoms with Gasteiger partial charge >= 0.3 is 17.9 Å². The molecule has 1 heterocycles. The molecule has 2 rings (SSSR count). The lowest BCUT2D eigenvalue weighted by Crippen LogP contribution is -2.29. The maximum atomic E-state index is 14.1. The van der Waals surface area contributed by atoms with E-state index < -0.39 is 28.7 Å². The number of carboxylic acid groups (broad SMARTS) is 2. The Labute approximate surface area is 489 Å². The summed E-state index contributed by atoms with van der Waals surface area (Å²) in [6.45, 7) is 18.2. The van der Waals surface area contributed by atoms with Gasteiger partial charge in [-0.3, -0.25) is 19.0 Å². The lowest BCUT2D eigenvalue weighted by Gasteiger charge is -2.18. The maximum absolute atomic E-state index is 14.1. The first kappa shape index (κ1) is 74.6. The van der Waals surface area contributed by atoms with Crippen LogP contribution >= 0.6 is 0 Å². The number of rotatable bonds is 57. The summed E-state index contributed by atoms with van der Waals surface area (Å²) >= 11 is 0. The Kier molecular flexibility index (Phi) is 42.1. The van der Waals surface area contributed by atoms with Gasteiger partial charge in [0.15, 0.2) is 0 Å². The lowest BCUT2D eigenvalue weighted by molar-refractivity contribution is -0.151. The van der Waals surface area contributed by atoms with E-state index in [9.17, 15) is 19.2 Å². The van der Waals surface area contributed by atoms with E-state index in [4.69, 9.17) is 95.5 Å². The SMILES string of the molecule is CCOC(=O)c1c(COCCOCCOCCOCCOCCOCCOCCOCC(C)(C)C(=O)O)c(COCCOCCOCCOCCOCCOCCOCCOCC(C)(C)C(=O)O)c(C(=O)N(C)C)n1-c1ccc(OC)cc1. The molecule has 0 atom stereocenters. The molecule has 0 fully saturated rings. The molecule has 83 heavy (non-hydrogen) atoms. The molecule has 1 aromatic carbocycles. The van der Waals surface area contributed by atoms with Crippen molar-refractivity contribution in [2.75, 3.05) is 226 Å². The second-order valence-electron chi connectivity index (χ2n) is 19.5. The number of aromatic nitrogens is 1. The van der Waals surface area contributed by atoms with E-state index in [1.54, 1.807) is 84.7 Å². The smallest absolute Gasteiger partial charge is 0.355 e. The van der Waals surface area contributed by atoms with Gasteiger partial charge < -0.3 is 100 Å². The Balaban J connectivity index is 1.71. The second kappa shape index (κ2) is 46.8. The van der Waals surface area contributed by atoms with Crippen LogP contribution in [-0.2, 0) is 103 Å². The van der Waals surface area contributed by atoms with E-state index in [0.29, 0.717) is 181 Å². The Morgan fingerprint density at radius 3 is 0.940 bits per heavy atom. The third-order valence-corrected chi connectivity index (χ3v) is 11.6. The highest BCUT2D eigenvalue weighted by molar-refractivity contribution is 6.00. The minimum Gasteiger partial charge on any atom is -0.497 e. The summed E-state index contributed by atoms with van der Waals surface area (Å²) in [5.41, 5.74) is -0.105. The van der Waals surface area contributed by atoms with Crippen LogP contribution in [0.1, 0.15) is 66.7 Å². The van der Waals surface area contributed by atoms with Crippen molar-refractivity contribution >= 4 is 23.8 Å². The van der Waals surface area contributed by atoms with Crippen LogP contribution in [0.25, 0.3) is 5.69 Å². The van der Waals surface area contributed by atoms with Gasteiger partial charge in [0.05, 0.1) is 236 Å². The molecule has 26 nitrogen and oxygen atoms in total. The molecule has 2 N–H and O–H groups in total.